The molecule has 0 fully saturated rings. The summed E-state index contributed by atoms with van der Waals surface area (Å²) in [5, 5.41) is 0. The van der Waals surface area contributed by atoms with Crippen LogP contribution < -0.4 is 5.73 Å². The lowest BCUT2D eigenvalue weighted by Crippen LogP contribution is -2.27. The third-order valence-corrected chi connectivity index (χ3v) is 3.89. The van der Waals surface area contributed by atoms with E-state index in [-0.39, 0.29) is 12.3 Å². The molecule has 2 N–H and O–H groups in total. The van der Waals surface area contributed by atoms with E-state index in [0.29, 0.717) is 6.61 Å². The van der Waals surface area contributed by atoms with E-state index in [9.17, 15) is 0 Å². The molecule has 3 nitrogen and oxygen atoms in total. The highest BCUT2D eigenvalue weighted by Gasteiger charge is 2.10. The van der Waals surface area contributed by atoms with Gasteiger partial charge in [-0.1, -0.05) is 71.6 Å². The number of hydrogen-bond donors (Lipinski definition) is 1. The minimum absolute atomic E-state index is 0.0525. The van der Waals surface area contributed by atoms with Crippen molar-refractivity contribution in [3.8, 4) is 0 Å². The van der Waals surface area contributed by atoms with Crippen molar-refractivity contribution in [2.24, 2.45) is 5.73 Å². The van der Waals surface area contributed by atoms with Crippen LogP contribution in [0.15, 0.2) is 0 Å². The predicted octanol–water partition coefficient (Wildman–Crippen LogP) is 5.41. The number of ether oxygens (including phenoxy) is 2. The fourth-order valence-electron chi connectivity index (χ4n) is 2.49. The molecule has 0 bridgehead atoms. The highest BCUT2D eigenvalue weighted by Crippen LogP contribution is 2.12. The molecule has 3 heteroatoms. The van der Waals surface area contributed by atoms with Crippen LogP contribution in [0.4, 0.5) is 0 Å². The summed E-state index contributed by atoms with van der Waals surface area (Å²) in [4.78, 5) is 0. The van der Waals surface area contributed by atoms with Crippen LogP contribution >= 0.6 is 0 Å². The smallest absolute Gasteiger partial charge is 0.157 e. The van der Waals surface area contributed by atoms with E-state index in [1.165, 1.54) is 64.2 Å². The molecule has 0 rings (SSSR count). The second-order valence-corrected chi connectivity index (χ2v) is 6.58. The summed E-state index contributed by atoms with van der Waals surface area (Å²) in [6.07, 6.45) is 15.2. The van der Waals surface area contributed by atoms with Gasteiger partial charge in [-0.25, -0.2) is 0 Å². The van der Waals surface area contributed by atoms with E-state index < -0.39 is 0 Å². The maximum Gasteiger partial charge on any atom is 0.157 e. The summed E-state index contributed by atoms with van der Waals surface area (Å²) in [5.74, 6) is 0. The summed E-state index contributed by atoms with van der Waals surface area (Å²) in [7, 11) is 0. The van der Waals surface area contributed by atoms with Crippen molar-refractivity contribution in [1.82, 2.24) is 0 Å². The zero-order valence-corrected chi connectivity index (χ0v) is 15.4. The maximum atomic E-state index is 5.93. The molecular formula is C19H41NO2. The van der Waals surface area contributed by atoms with Gasteiger partial charge >= 0.3 is 0 Å². The Balaban J connectivity index is 3.68. The molecule has 2 atom stereocenters. The van der Waals surface area contributed by atoms with Crippen LogP contribution in [0, 0.1) is 0 Å². The van der Waals surface area contributed by atoms with Gasteiger partial charge in [-0.3, -0.25) is 0 Å². The van der Waals surface area contributed by atoms with Crippen LogP contribution in [0.1, 0.15) is 97.8 Å². The topological polar surface area (TPSA) is 44.5 Å². The van der Waals surface area contributed by atoms with Crippen LogP contribution in [0.3, 0.4) is 0 Å². The standard InChI is InChI=1S/C19H41NO2/c1-4-6-8-10-12-14-16-21-19(22-17-18(3)20)15-13-11-9-7-5-2/h18-19H,4-17,20H2,1-3H3. The Labute approximate surface area is 139 Å². The largest absolute Gasteiger partial charge is 0.353 e. The van der Waals surface area contributed by atoms with Crippen molar-refractivity contribution in [2.45, 2.75) is 110 Å². The Bertz CT molecular complexity index is 210. The minimum atomic E-state index is -0.0525. The van der Waals surface area contributed by atoms with Crippen LogP contribution in [0.5, 0.6) is 0 Å². The Morgan fingerprint density at radius 2 is 1.27 bits per heavy atom. The van der Waals surface area contributed by atoms with E-state index in [0.717, 1.165) is 19.4 Å². The molecule has 0 amide bonds. The van der Waals surface area contributed by atoms with Gasteiger partial charge < -0.3 is 15.2 Å². The van der Waals surface area contributed by atoms with Crippen LogP contribution in [0.25, 0.3) is 0 Å². The lowest BCUT2D eigenvalue weighted by atomic mass is 10.1. The van der Waals surface area contributed by atoms with Gasteiger partial charge in [0.25, 0.3) is 0 Å². The van der Waals surface area contributed by atoms with Gasteiger partial charge in [-0.05, 0) is 26.2 Å². The number of unbranched alkanes of at least 4 members (excludes halogenated alkanes) is 9. The fourth-order valence-corrected chi connectivity index (χ4v) is 2.49. The fraction of sp³-hybridized carbons (Fsp3) is 1.00. The SMILES string of the molecule is CCCCCCCCOC(CCCCCCC)OCC(C)N. The number of hydrogen-bond acceptors (Lipinski definition) is 3. The van der Waals surface area contributed by atoms with Crippen molar-refractivity contribution >= 4 is 0 Å². The third-order valence-electron chi connectivity index (χ3n) is 3.89. The van der Waals surface area contributed by atoms with Gasteiger partial charge in [0.2, 0.25) is 0 Å². The van der Waals surface area contributed by atoms with E-state index in [2.05, 4.69) is 13.8 Å². The van der Waals surface area contributed by atoms with E-state index >= 15 is 0 Å². The first-order valence-corrected chi connectivity index (χ1v) is 9.69. The highest BCUT2D eigenvalue weighted by molar-refractivity contribution is 4.54. The lowest BCUT2D eigenvalue weighted by molar-refractivity contribution is -0.149. The first kappa shape index (κ1) is 21.9. The zero-order chi connectivity index (χ0) is 16.5. The molecule has 0 aromatic carbocycles. The average molecular weight is 316 g/mol. The molecule has 2 unspecified atom stereocenters. The quantitative estimate of drug-likeness (QED) is 0.288. The molecule has 0 spiro atoms. The Hall–Kier alpha value is -0.120. The summed E-state index contributed by atoms with van der Waals surface area (Å²) in [6, 6.07) is 0.0836. The second kappa shape index (κ2) is 17.2. The minimum Gasteiger partial charge on any atom is -0.353 e. The van der Waals surface area contributed by atoms with Crippen LogP contribution in [0.2, 0.25) is 0 Å². The lowest BCUT2D eigenvalue weighted by Gasteiger charge is -2.20. The van der Waals surface area contributed by atoms with Gasteiger partial charge in [0.05, 0.1) is 6.61 Å². The molecule has 0 aliphatic carbocycles. The summed E-state index contributed by atoms with van der Waals surface area (Å²) >= 11 is 0. The van der Waals surface area contributed by atoms with Crippen molar-refractivity contribution in [1.29, 1.82) is 0 Å². The monoisotopic (exact) mass is 315 g/mol. The van der Waals surface area contributed by atoms with Crippen molar-refractivity contribution < 1.29 is 9.47 Å². The molecule has 0 saturated carbocycles. The molecule has 0 aromatic rings. The molecule has 0 aliphatic rings. The maximum absolute atomic E-state index is 5.93. The number of rotatable bonds is 17. The van der Waals surface area contributed by atoms with Crippen molar-refractivity contribution in [3.05, 3.63) is 0 Å². The highest BCUT2D eigenvalue weighted by atomic mass is 16.7. The predicted molar refractivity (Wildman–Crippen MR) is 96.1 cm³/mol. The summed E-state index contributed by atoms with van der Waals surface area (Å²) in [5.41, 5.74) is 5.78. The van der Waals surface area contributed by atoms with Gasteiger partial charge in [0, 0.05) is 12.6 Å². The molecule has 0 radical (unpaired) electrons. The van der Waals surface area contributed by atoms with E-state index in [1.54, 1.807) is 0 Å². The molecule has 0 aromatic heterocycles. The van der Waals surface area contributed by atoms with Crippen LogP contribution in [-0.4, -0.2) is 25.5 Å². The Kier molecular flexibility index (Phi) is 17.1. The average Bonchev–Trinajstić information content (AvgIpc) is 2.50. The van der Waals surface area contributed by atoms with Gasteiger partial charge in [0.1, 0.15) is 0 Å². The molecule has 22 heavy (non-hydrogen) atoms. The van der Waals surface area contributed by atoms with Crippen molar-refractivity contribution in [3.63, 3.8) is 0 Å². The Morgan fingerprint density at radius 3 is 1.86 bits per heavy atom. The van der Waals surface area contributed by atoms with Gasteiger partial charge in [-0.2, -0.15) is 0 Å². The summed E-state index contributed by atoms with van der Waals surface area (Å²) in [6.45, 7) is 7.90. The molecule has 0 saturated heterocycles. The van der Waals surface area contributed by atoms with Crippen molar-refractivity contribution in [2.75, 3.05) is 13.2 Å². The normalized spacial score (nSPS) is 14.2. The first-order valence-electron chi connectivity index (χ1n) is 9.69. The molecule has 0 aliphatic heterocycles. The van der Waals surface area contributed by atoms with E-state index in [1.807, 2.05) is 6.92 Å². The van der Waals surface area contributed by atoms with Gasteiger partial charge in [0.15, 0.2) is 6.29 Å². The summed E-state index contributed by atoms with van der Waals surface area (Å²) < 4.78 is 11.7. The second-order valence-electron chi connectivity index (χ2n) is 6.58. The van der Waals surface area contributed by atoms with Gasteiger partial charge in [-0.15, -0.1) is 0 Å². The zero-order valence-electron chi connectivity index (χ0n) is 15.4. The molecular weight excluding hydrogens is 274 g/mol. The molecule has 134 valence electrons. The molecule has 0 heterocycles. The third kappa shape index (κ3) is 16.3. The Morgan fingerprint density at radius 1 is 0.727 bits per heavy atom. The number of nitrogens with two attached hydrogens (primary N) is 1. The van der Waals surface area contributed by atoms with E-state index in [4.69, 9.17) is 15.2 Å². The van der Waals surface area contributed by atoms with Crippen LogP contribution in [-0.2, 0) is 9.47 Å². The first-order chi connectivity index (χ1) is 10.7.